The summed E-state index contributed by atoms with van der Waals surface area (Å²) in [6, 6.07) is -2.21. The van der Waals surface area contributed by atoms with Crippen molar-refractivity contribution in [1.29, 1.82) is 0 Å². The second-order valence-corrected chi connectivity index (χ2v) is 19.9. The highest BCUT2D eigenvalue weighted by atomic mass is 16.7. The predicted molar refractivity (Wildman–Crippen MR) is 263 cm³/mol. The highest BCUT2D eigenvalue weighted by molar-refractivity contribution is 6.06. The van der Waals surface area contributed by atoms with Gasteiger partial charge in [-0.15, -0.1) is 18.3 Å². The van der Waals surface area contributed by atoms with Crippen molar-refractivity contribution in [3.05, 3.63) is 37.2 Å². The quantitative estimate of drug-likeness (QED) is 0.0200. The van der Waals surface area contributed by atoms with Crippen LogP contribution in [0.5, 0.6) is 0 Å². The molecule has 4 amide bonds. The van der Waals surface area contributed by atoms with Crippen LogP contribution in [-0.2, 0) is 75.0 Å². The molecular weight excluding hydrogens is 1020 g/mol. The summed E-state index contributed by atoms with van der Waals surface area (Å²) < 4.78 is 46.2. The third-order valence-corrected chi connectivity index (χ3v) is 14.4. The molecule has 28 nitrogen and oxygen atoms in total. The van der Waals surface area contributed by atoms with E-state index in [4.69, 9.17) is 49.4 Å². The topological polar surface area (TPSA) is 402 Å². The van der Waals surface area contributed by atoms with Gasteiger partial charge in [-0.2, -0.15) is 0 Å². The Labute approximate surface area is 445 Å². The number of nitrogens with one attached hydrogen (secondary N) is 1. The number of aromatic nitrogens is 3. The first-order chi connectivity index (χ1) is 36.8. The lowest BCUT2D eigenvalue weighted by Gasteiger charge is -2.45. The molecule has 5 aliphatic heterocycles. The number of unbranched alkanes of at least 4 members (excludes halogenated alkanes) is 4. The van der Waals surface area contributed by atoms with E-state index in [2.05, 4.69) is 28.8 Å². The average Bonchev–Trinajstić information content (AvgIpc) is 4.11. The van der Waals surface area contributed by atoms with E-state index in [1.807, 2.05) is 0 Å². The molecule has 0 aliphatic carbocycles. The maximum atomic E-state index is 13.7. The van der Waals surface area contributed by atoms with Gasteiger partial charge in [0.2, 0.25) is 23.6 Å². The molecule has 6 heterocycles. The Morgan fingerprint density at radius 3 is 2.00 bits per heavy atom. The van der Waals surface area contributed by atoms with E-state index in [1.165, 1.54) is 28.7 Å². The van der Waals surface area contributed by atoms with Gasteiger partial charge in [0.25, 0.3) is 0 Å². The summed E-state index contributed by atoms with van der Waals surface area (Å²) in [5, 5.41) is 83.0. The molecule has 19 atom stereocenters. The van der Waals surface area contributed by atoms with E-state index in [-0.39, 0.29) is 82.5 Å². The van der Waals surface area contributed by atoms with Gasteiger partial charge in [0.05, 0.1) is 87.4 Å². The largest absolute Gasteiger partial charge is 0.479 e. The van der Waals surface area contributed by atoms with Gasteiger partial charge in [-0.3, -0.25) is 24.1 Å². The Balaban J connectivity index is 0.932. The number of aliphatic carboxylic acids is 1. The van der Waals surface area contributed by atoms with E-state index in [0.29, 0.717) is 57.4 Å². The van der Waals surface area contributed by atoms with Crippen LogP contribution in [0.3, 0.4) is 0 Å². The minimum absolute atomic E-state index is 0.0549. The van der Waals surface area contributed by atoms with Gasteiger partial charge in [-0.25, -0.2) is 9.48 Å². The van der Waals surface area contributed by atoms with Crippen molar-refractivity contribution in [3.63, 3.8) is 0 Å². The molecule has 5 saturated heterocycles. The lowest BCUT2D eigenvalue weighted by atomic mass is 9.89. The Morgan fingerprint density at radius 2 is 1.35 bits per heavy atom. The van der Waals surface area contributed by atoms with Crippen molar-refractivity contribution in [3.8, 4) is 0 Å². The van der Waals surface area contributed by atoms with Crippen molar-refractivity contribution in [2.75, 3.05) is 46.1 Å². The Morgan fingerprint density at radius 1 is 0.727 bits per heavy atom. The first-order valence-electron chi connectivity index (χ1n) is 26.2. The number of likely N-dealkylation sites (tertiary alicyclic amines) is 1. The van der Waals surface area contributed by atoms with Gasteiger partial charge in [0, 0.05) is 39.1 Å². The van der Waals surface area contributed by atoms with Crippen LogP contribution in [0, 0.1) is 11.8 Å². The number of rotatable bonds is 30. The summed E-state index contributed by atoms with van der Waals surface area (Å²) in [7, 11) is 0. The summed E-state index contributed by atoms with van der Waals surface area (Å²) in [5.41, 5.74) is 12.3. The SMILES string of the molecule is C=C[C@@H]1O[C@H](C=C)[C@@H]2C(=O)N(CCCCCN(Cc3cn(CCOCCO[C@@H]4OC(C(=O)O)[C@@H](O[C@H]5OC(C)[C@@H](O)[C@H](O)C5N)[C@H](O)C4O)nn3)C(=O)CCC(=O)NCCCCCO[C@H]3OC(C)[C@@H](O)[C@H](O)C3N)C(=O)[C@@H]21. The van der Waals surface area contributed by atoms with E-state index in [1.54, 1.807) is 18.0 Å². The van der Waals surface area contributed by atoms with Crippen molar-refractivity contribution < 1.29 is 97.6 Å². The molecule has 0 spiro atoms. The van der Waals surface area contributed by atoms with Crippen LogP contribution in [0.25, 0.3) is 0 Å². The number of nitrogens with two attached hydrogens (primary N) is 2. The number of hydrogen-bond donors (Lipinski definition) is 10. The maximum absolute atomic E-state index is 13.7. The molecule has 0 bridgehead atoms. The maximum Gasteiger partial charge on any atom is 0.335 e. The van der Waals surface area contributed by atoms with Crippen molar-refractivity contribution in [2.24, 2.45) is 23.3 Å². The molecule has 12 N–H and O–H groups in total. The fraction of sp³-hybridized carbons (Fsp3) is 0.776. The number of carbonyl (C=O) groups is 5. The summed E-state index contributed by atoms with van der Waals surface area (Å²) in [6.45, 7) is 11.8. The number of carboxylic acid groups (broad SMARTS) is 1. The molecule has 1 aromatic rings. The van der Waals surface area contributed by atoms with Crippen LogP contribution in [0.4, 0.5) is 0 Å². The smallest absolute Gasteiger partial charge is 0.335 e. The van der Waals surface area contributed by atoms with Gasteiger partial charge in [0.15, 0.2) is 25.0 Å². The highest BCUT2D eigenvalue weighted by Crippen LogP contribution is 2.41. The molecule has 434 valence electrons. The molecule has 0 aromatic carbocycles. The number of hydrogen-bond acceptors (Lipinski definition) is 23. The summed E-state index contributed by atoms with van der Waals surface area (Å²) in [5.74, 6) is -4.07. The zero-order chi connectivity index (χ0) is 56.1. The Bertz CT molecular complexity index is 2090. The molecule has 28 heteroatoms. The molecule has 0 radical (unpaired) electrons. The van der Waals surface area contributed by atoms with Crippen LogP contribution in [0.2, 0.25) is 0 Å². The fourth-order valence-electron chi connectivity index (χ4n) is 9.83. The van der Waals surface area contributed by atoms with Crippen molar-refractivity contribution in [2.45, 2.75) is 183 Å². The van der Waals surface area contributed by atoms with Gasteiger partial charge >= 0.3 is 5.97 Å². The second kappa shape index (κ2) is 29.1. The van der Waals surface area contributed by atoms with E-state index >= 15 is 0 Å². The number of fused-ring (bicyclic) bond motifs is 1. The van der Waals surface area contributed by atoms with Gasteiger partial charge in [-0.05, 0) is 52.4 Å². The predicted octanol–water partition coefficient (Wildman–Crippen LogP) is -3.86. The number of carbonyl (C=O) groups excluding carboxylic acids is 4. The first-order valence-corrected chi connectivity index (χ1v) is 26.2. The normalized spacial score (nSPS) is 35.2. The van der Waals surface area contributed by atoms with E-state index in [0.717, 1.165) is 0 Å². The van der Waals surface area contributed by atoms with Crippen LogP contribution in [0.15, 0.2) is 31.5 Å². The number of carboxylic acids is 1. The second-order valence-electron chi connectivity index (χ2n) is 19.9. The van der Waals surface area contributed by atoms with Crippen LogP contribution < -0.4 is 16.8 Å². The lowest BCUT2D eigenvalue weighted by Crippen LogP contribution is -2.66. The van der Waals surface area contributed by atoms with Crippen LogP contribution in [-0.4, -0.2) is 240 Å². The summed E-state index contributed by atoms with van der Waals surface area (Å²) in [6.07, 6.45) is -10.9. The van der Waals surface area contributed by atoms with Gasteiger partial charge < -0.3 is 95.3 Å². The lowest BCUT2D eigenvalue weighted by molar-refractivity contribution is -0.337. The molecule has 6 unspecified atom stereocenters. The van der Waals surface area contributed by atoms with Crippen molar-refractivity contribution >= 4 is 29.6 Å². The molecule has 5 aliphatic rings. The Kier molecular flexibility index (Phi) is 23.4. The number of aliphatic hydroxyl groups excluding tert-OH is 6. The Hall–Kier alpha value is -4.47. The van der Waals surface area contributed by atoms with Gasteiger partial charge in [-0.1, -0.05) is 17.4 Å². The third-order valence-electron chi connectivity index (χ3n) is 14.4. The minimum atomic E-state index is -1.85. The zero-order valence-electron chi connectivity index (χ0n) is 43.5. The molecule has 77 heavy (non-hydrogen) atoms. The first kappa shape index (κ1) is 61.7. The minimum Gasteiger partial charge on any atom is -0.479 e. The zero-order valence-corrected chi connectivity index (χ0v) is 43.5. The number of ether oxygens (including phenoxy) is 8. The molecule has 1 aromatic heterocycles. The number of nitrogens with zero attached hydrogens (tertiary/aromatic N) is 5. The fourth-order valence-corrected chi connectivity index (χ4v) is 9.83. The highest BCUT2D eigenvalue weighted by Gasteiger charge is 2.58. The monoisotopic (exact) mass is 1100 g/mol. The number of amides is 4. The third kappa shape index (κ3) is 15.7. The summed E-state index contributed by atoms with van der Waals surface area (Å²) >= 11 is 0. The van der Waals surface area contributed by atoms with Crippen LogP contribution >= 0.6 is 0 Å². The summed E-state index contributed by atoms with van der Waals surface area (Å²) in [4.78, 5) is 68.1. The standard InChI is InChI=1S/C49H78N8O20/c1-5-28-32-33(29(6-2)75-28)45(67)57(44(32)66)17-11-8-10-16-55(31(59)14-13-30(58)52-15-9-7-12-19-71-47-34(50)38(62)36(60)25(3)73-47)23-27-24-56(54-53-27)18-20-70-21-22-72-49-41(65)40(64)42(43(77-49)46(68)69)76-48-35(51)39(63)37(61)26(4)74-48/h5-6,24-26,28-29,32-43,47-49,60-65H,1-2,7-23,50-51H2,3-4H3,(H,52,58)(H,68,69)/t25?,26?,28-,29+,32+,33-,34?,35?,36-,37-,38-,39-,40-,41?,42+,43?,47+,48-,49-/m1/s1. The molecule has 5 fully saturated rings. The van der Waals surface area contributed by atoms with E-state index < -0.39 is 122 Å². The number of imide groups is 1. The molecule has 6 rings (SSSR count). The average molecular weight is 1100 g/mol. The molecule has 0 saturated carbocycles. The van der Waals surface area contributed by atoms with Crippen molar-refractivity contribution in [1.82, 2.24) is 30.1 Å². The molecular formula is C49H78N8O20. The number of aliphatic hydroxyl groups is 6. The van der Waals surface area contributed by atoms with Crippen LogP contribution in [0.1, 0.15) is 70.9 Å². The van der Waals surface area contributed by atoms with Gasteiger partial charge in [0.1, 0.15) is 48.4 Å². The van der Waals surface area contributed by atoms with E-state index in [9.17, 15) is 59.7 Å².